The van der Waals surface area contributed by atoms with Crippen LogP contribution in [0.1, 0.15) is 18.9 Å². The molecule has 0 fully saturated rings. The lowest BCUT2D eigenvalue weighted by molar-refractivity contribution is -0.115. The van der Waals surface area contributed by atoms with Crippen LogP contribution in [-0.4, -0.2) is 18.5 Å². The number of aryl methyl sites for hydroxylation is 1. The van der Waals surface area contributed by atoms with Crippen molar-refractivity contribution in [2.24, 2.45) is 0 Å². The molecule has 98 valence electrons. The smallest absolute Gasteiger partial charge is 0.238 e. The SMILES string of the molecule is C=CCC(C)NCC(=O)Nc1cc(Cl)ccc1C. The van der Waals surface area contributed by atoms with Crippen LogP contribution in [0.4, 0.5) is 5.69 Å². The predicted octanol–water partition coefficient (Wildman–Crippen LogP) is 3.14. The van der Waals surface area contributed by atoms with Gasteiger partial charge in [0, 0.05) is 16.8 Å². The first-order valence-corrected chi connectivity index (χ1v) is 6.31. The van der Waals surface area contributed by atoms with Crippen LogP contribution in [0.15, 0.2) is 30.9 Å². The number of anilines is 1. The Kier molecular flexibility index (Phi) is 5.89. The normalized spacial score (nSPS) is 11.9. The van der Waals surface area contributed by atoms with Gasteiger partial charge in [-0.1, -0.05) is 23.7 Å². The molecule has 1 rings (SSSR count). The second kappa shape index (κ2) is 7.19. The molecule has 3 nitrogen and oxygen atoms in total. The van der Waals surface area contributed by atoms with Gasteiger partial charge in [-0.3, -0.25) is 4.79 Å². The van der Waals surface area contributed by atoms with Crippen molar-refractivity contribution in [3.8, 4) is 0 Å². The van der Waals surface area contributed by atoms with Gasteiger partial charge in [0.2, 0.25) is 5.91 Å². The standard InChI is InChI=1S/C14H19ClN2O/c1-4-5-11(3)16-9-14(18)17-13-8-12(15)7-6-10(13)2/h4,6-8,11,16H,1,5,9H2,2-3H3,(H,17,18). The van der Waals surface area contributed by atoms with Crippen LogP contribution in [0.5, 0.6) is 0 Å². The Bertz CT molecular complexity index is 432. The number of hydrogen-bond donors (Lipinski definition) is 2. The molecule has 2 N–H and O–H groups in total. The highest BCUT2D eigenvalue weighted by molar-refractivity contribution is 6.31. The van der Waals surface area contributed by atoms with Gasteiger partial charge in [0.1, 0.15) is 0 Å². The molecule has 18 heavy (non-hydrogen) atoms. The molecule has 0 aliphatic carbocycles. The second-order valence-electron chi connectivity index (χ2n) is 4.31. The van der Waals surface area contributed by atoms with Gasteiger partial charge in [0.05, 0.1) is 6.54 Å². The van der Waals surface area contributed by atoms with E-state index in [2.05, 4.69) is 17.2 Å². The lowest BCUT2D eigenvalue weighted by atomic mass is 10.2. The minimum Gasteiger partial charge on any atom is -0.325 e. The molecule has 0 aliphatic heterocycles. The molecule has 0 radical (unpaired) electrons. The van der Waals surface area contributed by atoms with Crippen LogP contribution in [0.2, 0.25) is 5.02 Å². The first kappa shape index (κ1) is 14.7. The van der Waals surface area contributed by atoms with E-state index in [0.717, 1.165) is 17.7 Å². The Morgan fingerprint density at radius 3 is 2.94 bits per heavy atom. The van der Waals surface area contributed by atoms with Gasteiger partial charge in [-0.2, -0.15) is 0 Å². The van der Waals surface area contributed by atoms with Crippen molar-refractivity contribution in [3.63, 3.8) is 0 Å². The fourth-order valence-electron chi connectivity index (χ4n) is 1.52. The third-order valence-electron chi connectivity index (χ3n) is 2.61. The zero-order valence-electron chi connectivity index (χ0n) is 10.8. The first-order chi connectivity index (χ1) is 8.52. The van der Waals surface area contributed by atoms with E-state index in [-0.39, 0.29) is 18.5 Å². The monoisotopic (exact) mass is 266 g/mol. The maximum Gasteiger partial charge on any atom is 0.238 e. The highest BCUT2D eigenvalue weighted by Crippen LogP contribution is 2.19. The highest BCUT2D eigenvalue weighted by Gasteiger charge is 2.06. The predicted molar refractivity (Wildman–Crippen MR) is 77.1 cm³/mol. The van der Waals surface area contributed by atoms with Crippen molar-refractivity contribution in [1.29, 1.82) is 0 Å². The number of rotatable bonds is 6. The van der Waals surface area contributed by atoms with Gasteiger partial charge in [0.25, 0.3) is 0 Å². The first-order valence-electron chi connectivity index (χ1n) is 5.93. The summed E-state index contributed by atoms with van der Waals surface area (Å²) in [5.74, 6) is -0.0729. The third-order valence-corrected chi connectivity index (χ3v) is 2.84. The zero-order valence-corrected chi connectivity index (χ0v) is 11.6. The molecule has 0 aromatic heterocycles. The van der Waals surface area contributed by atoms with E-state index < -0.39 is 0 Å². The molecule has 0 saturated carbocycles. The van der Waals surface area contributed by atoms with E-state index in [4.69, 9.17) is 11.6 Å². The van der Waals surface area contributed by atoms with Crippen LogP contribution in [0.3, 0.4) is 0 Å². The number of carbonyl (C=O) groups excluding carboxylic acids is 1. The minimum absolute atomic E-state index is 0.0729. The average Bonchev–Trinajstić information content (AvgIpc) is 2.32. The number of amides is 1. The van der Waals surface area contributed by atoms with E-state index in [0.29, 0.717) is 5.02 Å². The van der Waals surface area contributed by atoms with Crippen molar-refractivity contribution in [3.05, 3.63) is 41.4 Å². The van der Waals surface area contributed by atoms with Gasteiger partial charge < -0.3 is 10.6 Å². The Morgan fingerprint density at radius 1 is 1.56 bits per heavy atom. The van der Waals surface area contributed by atoms with E-state index in [1.807, 2.05) is 26.0 Å². The summed E-state index contributed by atoms with van der Waals surface area (Å²) >= 11 is 5.89. The Morgan fingerprint density at radius 2 is 2.28 bits per heavy atom. The number of carbonyl (C=O) groups is 1. The van der Waals surface area contributed by atoms with Crippen molar-refractivity contribution < 1.29 is 4.79 Å². The summed E-state index contributed by atoms with van der Waals surface area (Å²) in [6.45, 7) is 7.88. The van der Waals surface area contributed by atoms with Crippen LogP contribution >= 0.6 is 11.6 Å². The molecule has 4 heteroatoms. The molecule has 1 amide bonds. The van der Waals surface area contributed by atoms with E-state index in [1.54, 1.807) is 12.1 Å². The van der Waals surface area contributed by atoms with Crippen LogP contribution in [0.25, 0.3) is 0 Å². The Balaban J connectivity index is 2.49. The topological polar surface area (TPSA) is 41.1 Å². The van der Waals surface area contributed by atoms with Gasteiger partial charge >= 0.3 is 0 Å². The fraction of sp³-hybridized carbons (Fsp3) is 0.357. The number of halogens is 1. The van der Waals surface area contributed by atoms with E-state index in [1.165, 1.54) is 0 Å². The summed E-state index contributed by atoms with van der Waals surface area (Å²) in [5, 5.41) is 6.57. The van der Waals surface area contributed by atoms with Gasteiger partial charge in [-0.25, -0.2) is 0 Å². The quantitative estimate of drug-likeness (QED) is 0.777. The summed E-state index contributed by atoms with van der Waals surface area (Å²) in [4.78, 5) is 11.7. The summed E-state index contributed by atoms with van der Waals surface area (Å²) < 4.78 is 0. The maximum atomic E-state index is 11.7. The molecule has 1 aromatic carbocycles. The largest absolute Gasteiger partial charge is 0.325 e. The van der Waals surface area contributed by atoms with Gasteiger partial charge in [-0.05, 0) is 38.0 Å². The molecule has 0 aliphatic rings. The minimum atomic E-state index is -0.0729. The lowest BCUT2D eigenvalue weighted by Gasteiger charge is -2.12. The van der Waals surface area contributed by atoms with Crippen molar-refractivity contribution in [1.82, 2.24) is 5.32 Å². The molecular weight excluding hydrogens is 248 g/mol. The Labute approximate surface area is 113 Å². The van der Waals surface area contributed by atoms with Crippen molar-refractivity contribution >= 4 is 23.2 Å². The zero-order chi connectivity index (χ0) is 13.5. The van der Waals surface area contributed by atoms with Crippen LogP contribution in [-0.2, 0) is 4.79 Å². The van der Waals surface area contributed by atoms with Crippen LogP contribution < -0.4 is 10.6 Å². The molecule has 0 heterocycles. The number of benzene rings is 1. The van der Waals surface area contributed by atoms with E-state index >= 15 is 0 Å². The maximum absolute atomic E-state index is 11.7. The highest BCUT2D eigenvalue weighted by atomic mass is 35.5. The van der Waals surface area contributed by atoms with Crippen LogP contribution in [0, 0.1) is 6.92 Å². The summed E-state index contributed by atoms with van der Waals surface area (Å²) in [7, 11) is 0. The summed E-state index contributed by atoms with van der Waals surface area (Å²) in [6, 6.07) is 5.68. The fourth-order valence-corrected chi connectivity index (χ4v) is 1.70. The number of nitrogens with one attached hydrogen (secondary N) is 2. The molecule has 0 bridgehead atoms. The lowest BCUT2D eigenvalue weighted by Crippen LogP contribution is -2.34. The number of hydrogen-bond acceptors (Lipinski definition) is 2. The molecule has 1 unspecified atom stereocenters. The van der Waals surface area contributed by atoms with Gasteiger partial charge in [0.15, 0.2) is 0 Å². The molecule has 1 atom stereocenters. The molecule has 0 spiro atoms. The molecule has 1 aromatic rings. The molecule has 0 saturated heterocycles. The third kappa shape index (κ3) is 4.90. The van der Waals surface area contributed by atoms with Gasteiger partial charge in [-0.15, -0.1) is 6.58 Å². The summed E-state index contributed by atoms with van der Waals surface area (Å²) in [5.41, 5.74) is 1.75. The van der Waals surface area contributed by atoms with Crippen molar-refractivity contribution in [2.45, 2.75) is 26.3 Å². The average molecular weight is 267 g/mol. The van der Waals surface area contributed by atoms with E-state index in [9.17, 15) is 4.79 Å². The summed E-state index contributed by atoms with van der Waals surface area (Å²) in [6.07, 6.45) is 2.67. The Hall–Kier alpha value is -1.32. The van der Waals surface area contributed by atoms with Crippen molar-refractivity contribution in [2.75, 3.05) is 11.9 Å². The molecular formula is C14H19ClN2O. The second-order valence-corrected chi connectivity index (χ2v) is 4.75.